The summed E-state index contributed by atoms with van der Waals surface area (Å²) in [6.07, 6.45) is 8.54. The van der Waals surface area contributed by atoms with E-state index in [1.54, 1.807) is 44.7 Å². The Morgan fingerprint density at radius 1 is 0.854 bits per heavy atom. The van der Waals surface area contributed by atoms with Crippen LogP contribution in [-0.2, 0) is 11.3 Å². The highest BCUT2D eigenvalue weighted by molar-refractivity contribution is 5.89. The minimum Gasteiger partial charge on any atom is -0.497 e. The quantitative estimate of drug-likeness (QED) is 0.0862. The number of esters is 1. The number of aryl methyl sites for hydroxylation is 1. The van der Waals surface area contributed by atoms with Crippen LogP contribution in [0.2, 0.25) is 0 Å². The summed E-state index contributed by atoms with van der Waals surface area (Å²) in [5.41, 5.74) is 5.77. The molecule has 0 saturated heterocycles. The van der Waals surface area contributed by atoms with Crippen molar-refractivity contribution in [3.05, 3.63) is 84.8 Å². The molecule has 48 heavy (non-hydrogen) atoms. The van der Waals surface area contributed by atoms with Gasteiger partial charge in [0.1, 0.15) is 17.2 Å². The highest BCUT2D eigenvalue weighted by Gasteiger charge is 2.15. The summed E-state index contributed by atoms with van der Waals surface area (Å²) in [7, 11) is 4.69. The van der Waals surface area contributed by atoms with Gasteiger partial charge in [-0.15, -0.1) is 0 Å². The number of methoxy groups -OCH3 is 3. The summed E-state index contributed by atoms with van der Waals surface area (Å²) in [6, 6.07) is 19.4. The smallest absolute Gasteiger partial charge is 0.337 e. The normalized spacial score (nSPS) is 11.1. The van der Waals surface area contributed by atoms with Crippen LogP contribution in [0.1, 0.15) is 43.5 Å². The Labute approximate surface area is 281 Å². The lowest BCUT2D eigenvalue weighted by Gasteiger charge is -2.27. The number of fused-ring (bicyclic) bond motifs is 1. The number of rotatable bonds is 17. The van der Waals surface area contributed by atoms with Gasteiger partial charge in [-0.05, 0) is 61.7 Å². The molecule has 11 nitrogen and oxygen atoms in total. The first-order valence-electron chi connectivity index (χ1n) is 16.2. The molecule has 2 heterocycles. The molecule has 5 aromatic rings. The lowest BCUT2D eigenvalue weighted by Crippen LogP contribution is -2.32. The average molecular weight is 653 g/mol. The van der Waals surface area contributed by atoms with E-state index in [2.05, 4.69) is 41.3 Å². The fourth-order valence-electron chi connectivity index (χ4n) is 5.29. The highest BCUT2D eigenvalue weighted by Crippen LogP contribution is 2.34. The third kappa shape index (κ3) is 9.01. The van der Waals surface area contributed by atoms with E-state index >= 15 is 0 Å². The van der Waals surface area contributed by atoms with Crippen molar-refractivity contribution < 1.29 is 23.7 Å². The van der Waals surface area contributed by atoms with Crippen LogP contribution < -0.4 is 24.4 Å². The molecule has 0 saturated carbocycles. The van der Waals surface area contributed by atoms with Crippen LogP contribution in [0.25, 0.3) is 22.3 Å². The second-order valence-electron chi connectivity index (χ2n) is 11.7. The molecule has 252 valence electrons. The number of anilines is 2. The van der Waals surface area contributed by atoms with E-state index in [-0.39, 0.29) is 5.97 Å². The zero-order valence-corrected chi connectivity index (χ0v) is 28.3. The van der Waals surface area contributed by atoms with Gasteiger partial charge in [-0.2, -0.15) is 5.10 Å². The molecule has 0 aliphatic carbocycles. The maximum atomic E-state index is 11.6. The number of aromatic nitrogens is 4. The first kappa shape index (κ1) is 34.2. The molecule has 11 heteroatoms. The molecule has 0 unspecified atom stereocenters. The lowest BCUT2D eigenvalue weighted by molar-refractivity contribution is 0.0600. The van der Waals surface area contributed by atoms with E-state index in [0.717, 1.165) is 89.8 Å². The van der Waals surface area contributed by atoms with Gasteiger partial charge in [-0.1, -0.05) is 13.8 Å². The standard InChI is InChI=1S/C37H44N6O5/c1-26(2)38-15-17-43(30-19-32(45-3)22-33(20-30)46-4)29-11-14-34-35(21-29)41-36(24-39-34)28-23-40-42(25-28)16-7-6-8-18-48-31-12-9-27(10-13-31)37(44)47-5/h9-14,19-26,38H,6-8,15-18H2,1-5H3. The van der Waals surface area contributed by atoms with Crippen LogP contribution in [0.15, 0.2) is 79.3 Å². The predicted octanol–water partition coefficient (Wildman–Crippen LogP) is 6.68. The number of benzene rings is 3. The summed E-state index contributed by atoms with van der Waals surface area (Å²) in [4.78, 5) is 23.5. The molecule has 0 aliphatic heterocycles. The minimum atomic E-state index is -0.357. The van der Waals surface area contributed by atoms with Crippen molar-refractivity contribution in [1.82, 2.24) is 25.1 Å². The summed E-state index contributed by atoms with van der Waals surface area (Å²) in [6.45, 7) is 7.20. The van der Waals surface area contributed by atoms with Crippen LogP contribution in [0.3, 0.4) is 0 Å². The molecule has 0 aliphatic rings. The molecule has 0 bridgehead atoms. The number of carbonyl (C=O) groups excluding carboxylic acids is 1. The first-order valence-corrected chi connectivity index (χ1v) is 16.2. The molecule has 2 aromatic heterocycles. The zero-order valence-electron chi connectivity index (χ0n) is 28.3. The van der Waals surface area contributed by atoms with E-state index in [1.165, 1.54) is 7.11 Å². The van der Waals surface area contributed by atoms with Gasteiger partial charge in [0, 0.05) is 67.0 Å². The average Bonchev–Trinajstić information content (AvgIpc) is 3.59. The topological polar surface area (TPSA) is 113 Å². The number of carbonyl (C=O) groups is 1. The van der Waals surface area contributed by atoms with E-state index in [0.29, 0.717) is 18.2 Å². The largest absolute Gasteiger partial charge is 0.497 e. The Kier molecular flexibility index (Phi) is 11.8. The monoisotopic (exact) mass is 652 g/mol. The number of hydrogen-bond donors (Lipinski definition) is 1. The number of nitrogens with one attached hydrogen (secondary N) is 1. The number of unbranched alkanes of at least 4 members (excludes halogenated alkanes) is 2. The Balaban J connectivity index is 1.22. The van der Waals surface area contributed by atoms with Crippen molar-refractivity contribution in [3.63, 3.8) is 0 Å². The van der Waals surface area contributed by atoms with Gasteiger partial charge in [0.15, 0.2) is 0 Å². The number of ether oxygens (including phenoxy) is 4. The summed E-state index contributed by atoms with van der Waals surface area (Å²) in [5, 5.41) is 8.09. The Morgan fingerprint density at radius 2 is 1.62 bits per heavy atom. The Bertz CT molecular complexity index is 1770. The predicted molar refractivity (Wildman–Crippen MR) is 188 cm³/mol. The number of nitrogens with zero attached hydrogens (tertiary/aromatic N) is 5. The maximum Gasteiger partial charge on any atom is 0.337 e. The van der Waals surface area contributed by atoms with Crippen molar-refractivity contribution in [1.29, 1.82) is 0 Å². The summed E-state index contributed by atoms with van der Waals surface area (Å²) < 4.78 is 23.6. The van der Waals surface area contributed by atoms with Crippen molar-refractivity contribution in [2.75, 3.05) is 45.9 Å². The van der Waals surface area contributed by atoms with Crippen LogP contribution in [0, 0.1) is 0 Å². The van der Waals surface area contributed by atoms with Gasteiger partial charge < -0.3 is 29.2 Å². The van der Waals surface area contributed by atoms with Gasteiger partial charge in [0.2, 0.25) is 0 Å². The molecule has 0 atom stereocenters. The molecule has 0 fully saturated rings. The van der Waals surface area contributed by atoms with Crippen LogP contribution >= 0.6 is 0 Å². The molecular formula is C37H44N6O5. The Hall–Kier alpha value is -5.16. The molecule has 5 rings (SSSR count). The van der Waals surface area contributed by atoms with E-state index in [9.17, 15) is 4.79 Å². The van der Waals surface area contributed by atoms with Gasteiger partial charge in [0.25, 0.3) is 0 Å². The van der Waals surface area contributed by atoms with Crippen LogP contribution in [0.4, 0.5) is 11.4 Å². The van der Waals surface area contributed by atoms with Crippen LogP contribution in [-0.4, -0.2) is 72.8 Å². The van der Waals surface area contributed by atoms with Gasteiger partial charge in [0.05, 0.1) is 62.6 Å². The second-order valence-corrected chi connectivity index (χ2v) is 11.7. The second kappa shape index (κ2) is 16.6. The van der Waals surface area contributed by atoms with Gasteiger partial charge in [-0.3, -0.25) is 9.67 Å². The molecular weight excluding hydrogens is 608 g/mol. The van der Waals surface area contributed by atoms with E-state index in [1.807, 2.05) is 41.3 Å². The summed E-state index contributed by atoms with van der Waals surface area (Å²) in [5.74, 6) is 1.83. The molecule has 3 aromatic carbocycles. The third-order valence-corrected chi connectivity index (χ3v) is 7.88. The molecule has 0 radical (unpaired) electrons. The molecule has 0 spiro atoms. The van der Waals surface area contributed by atoms with E-state index < -0.39 is 0 Å². The summed E-state index contributed by atoms with van der Waals surface area (Å²) >= 11 is 0. The van der Waals surface area contributed by atoms with Crippen LogP contribution in [0.5, 0.6) is 17.2 Å². The SMILES string of the molecule is COC(=O)c1ccc(OCCCCCn2cc(-c3cnc4ccc(N(CCNC(C)C)c5cc(OC)cc(OC)c5)cc4n3)cn2)cc1. The highest BCUT2D eigenvalue weighted by atomic mass is 16.5. The first-order chi connectivity index (χ1) is 23.4. The number of hydrogen-bond acceptors (Lipinski definition) is 10. The minimum absolute atomic E-state index is 0.357. The van der Waals surface area contributed by atoms with Gasteiger partial charge >= 0.3 is 5.97 Å². The van der Waals surface area contributed by atoms with E-state index in [4.69, 9.17) is 28.9 Å². The molecule has 0 amide bonds. The fourth-order valence-corrected chi connectivity index (χ4v) is 5.29. The zero-order chi connectivity index (χ0) is 33.9. The lowest BCUT2D eigenvalue weighted by atomic mass is 10.2. The fraction of sp³-hybridized carbons (Fsp3) is 0.351. The van der Waals surface area contributed by atoms with Crippen molar-refractivity contribution in [3.8, 4) is 28.5 Å². The Morgan fingerprint density at radius 3 is 2.33 bits per heavy atom. The third-order valence-electron chi connectivity index (χ3n) is 7.88. The van der Waals surface area contributed by atoms with Crippen molar-refractivity contribution in [2.24, 2.45) is 0 Å². The van der Waals surface area contributed by atoms with Crippen molar-refractivity contribution in [2.45, 2.75) is 45.7 Å². The maximum absolute atomic E-state index is 11.6. The van der Waals surface area contributed by atoms with Crippen molar-refractivity contribution >= 4 is 28.4 Å². The van der Waals surface area contributed by atoms with Gasteiger partial charge in [-0.25, -0.2) is 9.78 Å². The molecule has 1 N–H and O–H groups in total.